The van der Waals surface area contributed by atoms with E-state index >= 15 is 0 Å². The van der Waals surface area contributed by atoms with Gasteiger partial charge in [-0.3, -0.25) is 4.79 Å². The molecule has 0 bridgehead atoms. The number of hydrogen-bond donors (Lipinski definition) is 1. The molecule has 0 heterocycles. The first-order valence-electron chi connectivity index (χ1n) is 5.66. The molecule has 0 amide bonds. The van der Waals surface area contributed by atoms with Crippen LogP contribution in [0.3, 0.4) is 0 Å². The first-order valence-corrected chi connectivity index (χ1v) is 5.66. The molecule has 0 aliphatic carbocycles. The number of esters is 1. The van der Waals surface area contributed by atoms with Crippen molar-refractivity contribution in [1.29, 1.82) is 0 Å². The molecule has 0 radical (unpaired) electrons. The molecule has 0 atom stereocenters. The third-order valence-corrected chi connectivity index (χ3v) is 2.03. The van der Waals surface area contributed by atoms with Crippen molar-refractivity contribution in [2.24, 2.45) is 0 Å². The van der Waals surface area contributed by atoms with Gasteiger partial charge in [-0.25, -0.2) is 0 Å². The highest BCUT2D eigenvalue weighted by atomic mass is 16.5. The van der Waals surface area contributed by atoms with Crippen LogP contribution in [0.4, 0.5) is 0 Å². The summed E-state index contributed by atoms with van der Waals surface area (Å²) in [5, 5.41) is 8.52. The Hall–Kier alpha value is -0.830. The molecule has 1 N–H and O–H groups in total. The van der Waals surface area contributed by atoms with E-state index < -0.39 is 0 Å². The molecular formula is C12H22O3. The molecule has 15 heavy (non-hydrogen) atoms. The maximum absolute atomic E-state index is 10.4. The Bertz CT molecular complexity index is 176. The first-order chi connectivity index (χ1) is 7.27. The lowest BCUT2D eigenvalue weighted by molar-refractivity contribution is -0.141. The van der Waals surface area contributed by atoms with E-state index in [0.717, 1.165) is 25.7 Å². The Morgan fingerprint density at radius 2 is 1.80 bits per heavy atom. The van der Waals surface area contributed by atoms with Crippen LogP contribution in [-0.2, 0) is 9.53 Å². The number of hydrogen-bond acceptors (Lipinski definition) is 3. The average Bonchev–Trinajstić information content (AvgIpc) is 2.20. The van der Waals surface area contributed by atoms with E-state index in [2.05, 4.69) is 6.08 Å². The van der Waals surface area contributed by atoms with E-state index in [1.165, 1.54) is 19.8 Å². The van der Waals surface area contributed by atoms with Crippen LogP contribution in [0, 0.1) is 0 Å². The lowest BCUT2D eigenvalue weighted by atomic mass is 10.1. The topological polar surface area (TPSA) is 46.5 Å². The second-order valence-electron chi connectivity index (χ2n) is 3.53. The van der Waals surface area contributed by atoms with Crippen LogP contribution in [0.1, 0.15) is 45.4 Å². The number of carbonyl (C=O) groups is 1. The summed E-state index contributed by atoms with van der Waals surface area (Å²) >= 11 is 0. The quantitative estimate of drug-likeness (QED) is 0.364. The second kappa shape index (κ2) is 11.2. The summed E-state index contributed by atoms with van der Waals surface area (Å²) in [4.78, 5) is 10.4. The summed E-state index contributed by atoms with van der Waals surface area (Å²) in [5.41, 5.74) is 0. The molecule has 0 aromatic rings. The third kappa shape index (κ3) is 13.2. The van der Waals surface area contributed by atoms with Gasteiger partial charge in [0.1, 0.15) is 0 Å². The maximum atomic E-state index is 10.4. The van der Waals surface area contributed by atoms with Crippen LogP contribution in [0.2, 0.25) is 0 Å². The molecule has 0 aromatic carbocycles. The minimum absolute atomic E-state index is 0.193. The molecule has 0 aliphatic rings. The summed E-state index contributed by atoms with van der Waals surface area (Å²) in [7, 11) is 0. The molecule has 0 unspecified atom stereocenters. The van der Waals surface area contributed by atoms with E-state index in [0.29, 0.717) is 6.61 Å². The summed E-state index contributed by atoms with van der Waals surface area (Å²) in [5.74, 6) is -0.193. The third-order valence-electron chi connectivity index (χ3n) is 2.03. The van der Waals surface area contributed by atoms with Gasteiger partial charge in [-0.05, 0) is 25.7 Å². The van der Waals surface area contributed by atoms with Gasteiger partial charge in [0.05, 0.1) is 6.61 Å². The number of aliphatic hydroxyl groups is 1. The van der Waals surface area contributed by atoms with E-state index in [9.17, 15) is 4.79 Å². The molecule has 0 aromatic heterocycles. The zero-order chi connectivity index (χ0) is 11.4. The second-order valence-corrected chi connectivity index (χ2v) is 3.53. The van der Waals surface area contributed by atoms with Gasteiger partial charge in [0, 0.05) is 13.5 Å². The number of rotatable bonds is 9. The van der Waals surface area contributed by atoms with Crippen LogP contribution in [0.5, 0.6) is 0 Å². The van der Waals surface area contributed by atoms with E-state index in [-0.39, 0.29) is 12.6 Å². The van der Waals surface area contributed by atoms with E-state index in [1.807, 2.05) is 6.08 Å². The van der Waals surface area contributed by atoms with Crippen molar-refractivity contribution in [2.75, 3.05) is 13.2 Å². The van der Waals surface area contributed by atoms with Crippen molar-refractivity contribution in [1.82, 2.24) is 0 Å². The Labute approximate surface area is 92.1 Å². The van der Waals surface area contributed by atoms with Gasteiger partial charge in [-0.15, -0.1) is 0 Å². The molecule has 0 saturated heterocycles. The number of unbranched alkanes of at least 4 members (excludes halogenated alkanes) is 4. The number of carbonyl (C=O) groups excluding carboxylic acids is 1. The minimum Gasteiger partial charge on any atom is -0.466 e. The molecule has 3 heteroatoms. The van der Waals surface area contributed by atoms with Gasteiger partial charge < -0.3 is 9.84 Å². The van der Waals surface area contributed by atoms with Crippen molar-refractivity contribution in [3.63, 3.8) is 0 Å². The summed E-state index contributed by atoms with van der Waals surface area (Å²) in [6, 6.07) is 0. The molecular weight excluding hydrogens is 192 g/mol. The lowest BCUT2D eigenvalue weighted by Crippen LogP contribution is -1.99. The number of ether oxygens (including phenoxy) is 1. The normalized spacial score (nSPS) is 10.8. The predicted molar refractivity (Wildman–Crippen MR) is 60.6 cm³/mol. The molecule has 0 aliphatic heterocycles. The van der Waals surface area contributed by atoms with Crippen LogP contribution in [-0.4, -0.2) is 24.3 Å². The van der Waals surface area contributed by atoms with Crippen molar-refractivity contribution >= 4 is 5.97 Å². The average molecular weight is 214 g/mol. The monoisotopic (exact) mass is 214 g/mol. The van der Waals surface area contributed by atoms with E-state index in [1.54, 1.807) is 0 Å². The minimum atomic E-state index is -0.193. The lowest BCUT2D eigenvalue weighted by Gasteiger charge is -2.00. The molecule has 0 saturated carbocycles. The largest absolute Gasteiger partial charge is 0.466 e. The van der Waals surface area contributed by atoms with Crippen LogP contribution in [0.25, 0.3) is 0 Å². The maximum Gasteiger partial charge on any atom is 0.302 e. The van der Waals surface area contributed by atoms with Gasteiger partial charge in [-0.2, -0.15) is 0 Å². The van der Waals surface area contributed by atoms with E-state index in [4.69, 9.17) is 9.84 Å². The Kier molecular flexibility index (Phi) is 10.6. The van der Waals surface area contributed by atoms with Crippen molar-refractivity contribution in [3.8, 4) is 0 Å². The van der Waals surface area contributed by atoms with Crippen molar-refractivity contribution in [2.45, 2.75) is 45.4 Å². The van der Waals surface area contributed by atoms with Gasteiger partial charge in [-0.1, -0.05) is 25.0 Å². The smallest absolute Gasteiger partial charge is 0.302 e. The fraction of sp³-hybridized carbons (Fsp3) is 0.750. The highest BCUT2D eigenvalue weighted by Crippen LogP contribution is 2.04. The zero-order valence-electron chi connectivity index (χ0n) is 9.58. The predicted octanol–water partition coefficient (Wildman–Crippen LogP) is 2.44. The van der Waals surface area contributed by atoms with Gasteiger partial charge in [0.25, 0.3) is 0 Å². The highest BCUT2D eigenvalue weighted by molar-refractivity contribution is 5.65. The van der Waals surface area contributed by atoms with Crippen molar-refractivity contribution in [3.05, 3.63) is 12.2 Å². The molecule has 88 valence electrons. The Morgan fingerprint density at radius 3 is 2.47 bits per heavy atom. The summed E-state index contributed by atoms with van der Waals surface area (Å²) in [6.45, 7) is 2.22. The fourth-order valence-electron chi connectivity index (χ4n) is 1.24. The standard InChI is InChI=1S/C12H22O3/c1-12(14)15-11-9-7-5-3-2-4-6-8-10-13/h4,6,13H,2-3,5,7-11H2,1H3/b6-4-. The fourth-order valence-corrected chi connectivity index (χ4v) is 1.24. The Balaban J connectivity index is 3.01. The van der Waals surface area contributed by atoms with Crippen molar-refractivity contribution < 1.29 is 14.6 Å². The summed E-state index contributed by atoms with van der Waals surface area (Å²) < 4.78 is 4.82. The first kappa shape index (κ1) is 14.2. The zero-order valence-corrected chi connectivity index (χ0v) is 9.58. The van der Waals surface area contributed by atoms with Gasteiger partial charge in [0.2, 0.25) is 0 Å². The number of allylic oxidation sites excluding steroid dienone is 1. The van der Waals surface area contributed by atoms with Gasteiger partial charge >= 0.3 is 5.97 Å². The van der Waals surface area contributed by atoms with Crippen LogP contribution in [0.15, 0.2) is 12.2 Å². The number of aliphatic hydroxyl groups excluding tert-OH is 1. The van der Waals surface area contributed by atoms with Crippen LogP contribution < -0.4 is 0 Å². The SMILES string of the molecule is CC(=O)OCCCCCC/C=C\CCO. The Morgan fingerprint density at radius 1 is 1.13 bits per heavy atom. The molecule has 0 rings (SSSR count). The molecule has 0 fully saturated rings. The van der Waals surface area contributed by atoms with Gasteiger partial charge in [0.15, 0.2) is 0 Å². The summed E-state index contributed by atoms with van der Waals surface area (Å²) in [6.07, 6.45) is 10.4. The molecule has 3 nitrogen and oxygen atoms in total. The van der Waals surface area contributed by atoms with Crippen LogP contribution >= 0.6 is 0 Å². The highest BCUT2D eigenvalue weighted by Gasteiger charge is 1.92. The molecule has 0 spiro atoms.